The standard InChI is InChI=1S/C27H28F3NO2/c1-16-25-23(22-8-3-2-5-18(22)14-24(25)26(32)33-16)12-11-21-10-9-19(15-31-21)17-6-4-7-20(13-17)27(28,29)30/h4,6-7,9-13,15-16,18,22-25H,2-3,5,8,14H2,1H3/t16-,18?,22?,23?,24?,25?/m1/s1. The molecule has 5 unspecified atom stereocenters. The van der Waals surface area contributed by atoms with Gasteiger partial charge in [-0.3, -0.25) is 9.78 Å². The number of allylic oxidation sites excluding steroid dienone is 1. The molecule has 0 bridgehead atoms. The first-order chi connectivity index (χ1) is 15.8. The summed E-state index contributed by atoms with van der Waals surface area (Å²) < 4.78 is 44.7. The summed E-state index contributed by atoms with van der Waals surface area (Å²) in [7, 11) is 0. The quantitative estimate of drug-likeness (QED) is 0.479. The number of nitrogens with zero attached hydrogens (tertiary/aromatic N) is 1. The predicted octanol–water partition coefficient (Wildman–Crippen LogP) is 6.78. The molecule has 0 radical (unpaired) electrons. The SMILES string of the molecule is C[C@H]1OC(=O)C2CC3CCCCC3C(C=Cc3ccc(-c4cccc(C(F)(F)F)c4)cn3)C21. The van der Waals surface area contributed by atoms with E-state index >= 15 is 0 Å². The van der Waals surface area contributed by atoms with Crippen molar-refractivity contribution < 1.29 is 22.7 Å². The normalized spacial score (nSPS) is 31.8. The molecule has 174 valence electrons. The van der Waals surface area contributed by atoms with E-state index in [1.54, 1.807) is 18.3 Å². The van der Waals surface area contributed by atoms with E-state index in [4.69, 9.17) is 4.74 Å². The van der Waals surface area contributed by atoms with Gasteiger partial charge in [0.2, 0.25) is 0 Å². The highest BCUT2D eigenvalue weighted by molar-refractivity contribution is 5.75. The Bertz CT molecular complexity index is 1050. The van der Waals surface area contributed by atoms with Crippen molar-refractivity contribution in [2.75, 3.05) is 0 Å². The van der Waals surface area contributed by atoms with Crippen LogP contribution in [0.3, 0.4) is 0 Å². The number of halogens is 3. The van der Waals surface area contributed by atoms with Crippen molar-refractivity contribution >= 4 is 12.0 Å². The summed E-state index contributed by atoms with van der Waals surface area (Å²) in [5.41, 5.74) is 1.23. The first-order valence-electron chi connectivity index (χ1n) is 11.8. The zero-order valence-corrected chi connectivity index (χ0v) is 18.6. The Kier molecular flexibility index (Phi) is 5.79. The van der Waals surface area contributed by atoms with Crippen molar-refractivity contribution in [2.45, 2.75) is 51.3 Å². The average molecular weight is 456 g/mol. The number of alkyl halides is 3. The molecule has 1 saturated heterocycles. The molecular weight excluding hydrogens is 427 g/mol. The lowest BCUT2D eigenvalue weighted by Crippen LogP contribution is -2.42. The molecule has 5 rings (SSSR count). The Labute approximate surface area is 192 Å². The number of esters is 1. The van der Waals surface area contributed by atoms with Crippen molar-refractivity contribution in [1.82, 2.24) is 4.98 Å². The van der Waals surface area contributed by atoms with Gasteiger partial charge in [-0.05, 0) is 67.4 Å². The van der Waals surface area contributed by atoms with Gasteiger partial charge in [0.25, 0.3) is 0 Å². The topological polar surface area (TPSA) is 39.2 Å². The van der Waals surface area contributed by atoms with E-state index in [2.05, 4.69) is 11.1 Å². The number of fused-ring (bicyclic) bond motifs is 2. The van der Waals surface area contributed by atoms with Gasteiger partial charge < -0.3 is 4.74 Å². The Morgan fingerprint density at radius 3 is 2.67 bits per heavy atom. The van der Waals surface area contributed by atoms with E-state index in [9.17, 15) is 18.0 Å². The third kappa shape index (κ3) is 4.32. The second-order valence-electron chi connectivity index (χ2n) is 9.76. The number of aromatic nitrogens is 1. The van der Waals surface area contributed by atoms with E-state index in [1.165, 1.54) is 31.7 Å². The van der Waals surface area contributed by atoms with Crippen LogP contribution in [0.5, 0.6) is 0 Å². The minimum absolute atomic E-state index is 0.00903. The maximum atomic E-state index is 13.0. The zero-order chi connectivity index (χ0) is 23.2. The molecule has 3 aliphatic rings. The number of carbonyl (C=O) groups is 1. The van der Waals surface area contributed by atoms with Crippen LogP contribution in [0.1, 0.15) is 50.3 Å². The number of hydrogen-bond acceptors (Lipinski definition) is 3. The van der Waals surface area contributed by atoms with Crippen LogP contribution in [0.4, 0.5) is 13.2 Å². The molecule has 2 heterocycles. The third-order valence-corrected chi connectivity index (χ3v) is 7.87. The Morgan fingerprint density at radius 2 is 1.91 bits per heavy atom. The Morgan fingerprint density at radius 1 is 1.09 bits per heavy atom. The fourth-order valence-corrected chi connectivity index (χ4v) is 6.35. The zero-order valence-electron chi connectivity index (χ0n) is 18.6. The van der Waals surface area contributed by atoms with Gasteiger partial charge in [0, 0.05) is 17.7 Å². The lowest BCUT2D eigenvalue weighted by Gasteiger charge is -2.45. The van der Waals surface area contributed by atoms with Crippen LogP contribution >= 0.6 is 0 Å². The first kappa shape index (κ1) is 22.2. The fourth-order valence-electron chi connectivity index (χ4n) is 6.35. The smallest absolute Gasteiger partial charge is 0.416 e. The van der Waals surface area contributed by atoms with Gasteiger partial charge in [-0.25, -0.2) is 0 Å². The van der Waals surface area contributed by atoms with Crippen molar-refractivity contribution in [1.29, 1.82) is 0 Å². The van der Waals surface area contributed by atoms with Crippen LogP contribution in [0.25, 0.3) is 17.2 Å². The minimum atomic E-state index is -4.37. The minimum Gasteiger partial charge on any atom is -0.462 e. The highest BCUT2D eigenvalue weighted by atomic mass is 19.4. The Balaban J connectivity index is 1.38. The monoisotopic (exact) mass is 455 g/mol. The molecule has 1 aliphatic heterocycles. The Hall–Kier alpha value is -2.63. The van der Waals surface area contributed by atoms with E-state index < -0.39 is 11.7 Å². The molecule has 2 aliphatic carbocycles. The number of rotatable bonds is 3. The molecule has 0 spiro atoms. The summed E-state index contributed by atoms with van der Waals surface area (Å²) in [5.74, 6) is 1.57. The number of pyridine rings is 1. The van der Waals surface area contributed by atoms with Crippen molar-refractivity contribution in [2.24, 2.45) is 29.6 Å². The summed E-state index contributed by atoms with van der Waals surface area (Å²) in [5, 5.41) is 0. The van der Waals surface area contributed by atoms with E-state index in [1.807, 2.05) is 19.1 Å². The van der Waals surface area contributed by atoms with E-state index in [0.717, 1.165) is 24.2 Å². The van der Waals surface area contributed by atoms with Crippen LogP contribution in [0.15, 0.2) is 48.7 Å². The van der Waals surface area contributed by atoms with Gasteiger partial charge in [-0.1, -0.05) is 43.5 Å². The molecule has 2 saturated carbocycles. The molecule has 3 nitrogen and oxygen atoms in total. The second kappa shape index (κ2) is 8.62. The van der Waals surface area contributed by atoms with Crippen LogP contribution in [-0.2, 0) is 15.7 Å². The predicted molar refractivity (Wildman–Crippen MR) is 120 cm³/mol. The summed E-state index contributed by atoms with van der Waals surface area (Å²) in [6.45, 7) is 2.01. The number of benzene rings is 1. The summed E-state index contributed by atoms with van der Waals surface area (Å²) in [4.78, 5) is 16.9. The van der Waals surface area contributed by atoms with Gasteiger partial charge in [-0.2, -0.15) is 13.2 Å². The maximum absolute atomic E-state index is 13.0. The molecule has 3 fully saturated rings. The number of hydrogen-bond donors (Lipinski definition) is 0. The van der Waals surface area contributed by atoms with Gasteiger partial charge in [0.15, 0.2) is 0 Å². The van der Waals surface area contributed by atoms with Gasteiger partial charge in [0.05, 0.1) is 17.2 Å². The number of ether oxygens (including phenoxy) is 1. The summed E-state index contributed by atoms with van der Waals surface area (Å²) in [6, 6.07) is 8.94. The largest absolute Gasteiger partial charge is 0.462 e. The highest BCUT2D eigenvalue weighted by Crippen LogP contribution is 2.53. The van der Waals surface area contributed by atoms with Gasteiger partial charge >= 0.3 is 12.1 Å². The van der Waals surface area contributed by atoms with Gasteiger partial charge in [0.1, 0.15) is 6.10 Å². The first-order valence-corrected chi connectivity index (χ1v) is 11.8. The van der Waals surface area contributed by atoms with Crippen LogP contribution < -0.4 is 0 Å². The second-order valence-corrected chi connectivity index (χ2v) is 9.76. The van der Waals surface area contributed by atoms with Crippen molar-refractivity contribution in [3.05, 3.63) is 59.9 Å². The summed E-state index contributed by atoms with van der Waals surface area (Å²) in [6.07, 6.45) is 7.18. The molecule has 6 atom stereocenters. The average Bonchev–Trinajstić information content (AvgIpc) is 3.09. The van der Waals surface area contributed by atoms with Gasteiger partial charge in [-0.15, -0.1) is 0 Å². The highest BCUT2D eigenvalue weighted by Gasteiger charge is 2.53. The molecule has 2 aromatic rings. The number of cyclic esters (lactones) is 1. The molecule has 6 heteroatoms. The lowest BCUT2D eigenvalue weighted by molar-refractivity contribution is -0.144. The third-order valence-electron chi connectivity index (χ3n) is 7.87. The van der Waals surface area contributed by atoms with E-state index in [-0.39, 0.29) is 29.8 Å². The molecule has 1 aromatic heterocycles. The maximum Gasteiger partial charge on any atom is 0.416 e. The molecule has 33 heavy (non-hydrogen) atoms. The molecule has 1 aromatic carbocycles. The number of carbonyl (C=O) groups excluding carboxylic acids is 1. The fraction of sp³-hybridized carbons (Fsp3) is 0.481. The van der Waals surface area contributed by atoms with Crippen LogP contribution in [0.2, 0.25) is 0 Å². The van der Waals surface area contributed by atoms with Crippen LogP contribution in [0, 0.1) is 29.6 Å². The summed E-state index contributed by atoms with van der Waals surface area (Å²) >= 11 is 0. The van der Waals surface area contributed by atoms with Crippen molar-refractivity contribution in [3.63, 3.8) is 0 Å². The van der Waals surface area contributed by atoms with Crippen LogP contribution in [-0.4, -0.2) is 17.1 Å². The van der Waals surface area contributed by atoms with Crippen molar-refractivity contribution in [3.8, 4) is 11.1 Å². The molecule has 0 N–H and O–H groups in total. The molecule has 0 amide bonds. The lowest BCUT2D eigenvalue weighted by atomic mass is 9.57. The van der Waals surface area contributed by atoms with E-state index in [0.29, 0.717) is 23.0 Å². The molecular formula is C27H28F3NO2.